The first-order valence-corrected chi connectivity index (χ1v) is 8.25. The van der Waals surface area contributed by atoms with E-state index < -0.39 is 17.5 Å². The molecule has 134 valence electrons. The highest BCUT2D eigenvalue weighted by atomic mass is 16.2. The van der Waals surface area contributed by atoms with Crippen LogP contribution < -0.4 is 5.32 Å². The van der Waals surface area contributed by atoms with Gasteiger partial charge >= 0.3 is 6.03 Å². The zero-order chi connectivity index (χ0) is 18.7. The molecule has 4 amide bonds. The van der Waals surface area contributed by atoms with Crippen molar-refractivity contribution in [2.24, 2.45) is 0 Å². The molecule has 1 aromatic heterocycles. The minimum absolute atomic E-state index is 0.309. The molecule has 1 atom stereocenters. The smallest absolute Gasteiger partial charge is 0.325 e. The number of carbonyl (C=O) groups excluding carboxylic acids is 3. The molecule has 0 radical (unpaired) electrons. The van der Waals surface area contributed by atoms with E-state index in [0.29, 0.717) is 12.2 Å². The first-order chi connectivity index (χ1) is 12.4. The summed E-state index contributed by atoms with van der Waals surface area (Å²) in [6.45, 7) is 1.69. The number of benzene rings is 1. The lowest BCUT2D eigenvalue weighted by Crippen LogP contribution is -2.43. The molecule has 0 aliphatic carbocycles. The second-order valence-electron chi connectivity index (χ2n) is 6.40. The summed E-state index contributed by atoms with van der Waals surface area (Å²) in [5.74, 6) is -0.801. The Bertz CT molecular complexity index is 825. The predicted molar refractivity (Wildman–Crippen MR) is 94.7 cm³/mol. The minimum Gasteiger partial charge on any atom is -0.340 e. The lowest BCUT2D eigenvalue weighted by Gasteiger charge is -2.22. The van der Waals surface area contributed by atoms with Gasteiger partial charge in [-0.1, -0.05) is 36.4 Å². The van der Waals surface area contributed by atoms with Gasteiger partial charge in [-0.15, -0.1) is 0 Å². The highest BCUT2D eigenvalue weighted by Gasteiger charge is 2.50. The first kappa shape index (κ1) is 17.6. The summed E-state index contributed by atoms with van der Waals surface area (Å²) in [6.07, 6.45) is 1.56. The summed E-state index contributed by atoms with van der Waals surface area (Å²) in [5.41, 5.74) is 0.140. The van der Waals surface area contributed by atoms with Crippen LogP contribution in [0.3, 0.4) is 0 Å². The molecule has 3 rings (SSSR count). The van der Waals surface area contributed by atoms with E-state index in [9.17, 15) is 14.4 Å². The van der Waals surface area contributed by atoms with Gasteiger partial charge in [0.15, 0.2) is 5.54 Å². The maximum absolute atomic E-state index is 12.8. The summed E-state index contributed by atoms with van der Waals surface area (Å²) >= 11 is 0. The molecule has 2 heterocycles. The van der Waals surface area contributed by atoms with E-state index in [1.54, 1.807) is 38.4 Å². The van der Waals surface area contributed by atoms with Gasteiger partial charge in [0.2, 0.25) is 5.91 Å². The molecule has 7 nitrogen and oxygen atoms in total. The lowest BCUT2D eigenvalue weighted by molar-refractivity contribution is -0.138. The highest BCUT2D eigenvalue weighted by molar-refractivity contribution is 6.08. The van der Waals surface area contributed by atoms with Gasteiger partial charge < -0.3 is 10.2 Å². The molecule has 0 saturated carbocycles. The third-order valence-electron chi connectivity index (χ3n) is 4.43. The maximum Gasteiger partial charge on any atom is 0.325 e. The number of aromatic nitrogens is 1. The molecule has 1 aliphatic rings. The van der Waals surface area contributed by atoms with E-state index in [2.05, 4.69) is 10.3 Å². The van der Waals surface area contributed by atoms with Crippen molar-refractivity contribution in [1.82, 2.24) is 20.1 Å². The predicted octanol–water partition coefficient (Wildman–Crippen LogP) is 1.51. The number of urea groups is 1. The summed E-state index contributed by atoms with van der Waals surface area (Å²) in [7, 11) is 1.64. The van der Waals surface area contributed by atoms with Gasteiger partial charge in [0.05, 0.1) is 5.69 Å². The second-order valence-corrected chi connectivity index (χ2v) is 6.40. The Hall–Kier alpha value is -3.22. The van der Waals surface area contributed by atoms with Crippen LogP contribution >= 0.6 is 0 Å². The second kappa shape index (κ2) is 6.95. The monoisotopic (exact) mass is 352 g/mol. The number of carbonyl (C=O) groups is 3. The third-order valence-corrected chi connectivity index (χ3v) is 4.43. The molecule has 1 aliphatic heterocycles. The van der Waals surface area contributed by atoms with Crippen LogP contribution in [0.15, 0.2) is 54.7 Å². The van der Waals surface area contributed by atoms with Gasteiger partial charge in [-0.05, 0) is 24.6 Å². The molecule has 0 bridgehead atoms. The number of rotatable bonds is 5. The highest BCUT2D eigenvalue weighted by Crippen LogP contribution is 2.27. The van der Waals surface area contributed by atoms with Gasteiger partial charge in [-0.2, -0.15) is 0 Å². The van der Waals surface area contributed by atoms with E-state index in [1.165, 1.54) is 4.90 Å². The van der Waals surface area contributed by atoms with Crippen molar-refractivity contribution in [3.63, 3.8) is 0 Å². The Morgan fingerprint density at radius 3 is 2.50 bits per heavy atom. The number of pyridine rings is 1. The number of likely N-dealkylation sites (N-methyl/N-ethyl adjacent to an activating group) is 1. The maximum atomic E-state index is 12.8. The van der Waals surface area contributed by atoms with Crippen LogP contribution in [0, 0.1) is 0 Å². The standard InChI is InChI=1S/C19H20N4O3/c1-19(15-10-6-7-11-20-15)17(25)23(18(26)21-19)13-16(24)22(2)12-14-8-4-3-5-9-14/h3-11H,12-13H2,1-2H3,(H,21,26). The van der Waals surface area contributed by atoms with Crippen LogP contribution in [0.5, 0.6) is 0 Å². The topological polar surface area (TPSA) is 82.6 Å². The van der Waals surface area contributed by atoms with Crippen LogP contribution in [-0.4, -0.2) is 46.2 Å². The fraction of sp³-hybridized carbons (Fsp3) is 0.263. The largest absolute Gasteiger partial charge is 0.340 e. The molecular formula is C19H20N4O3. The van der Waals surface area contributed by atoms with Crippen LogP contribution in [0.2, 0.25) is 0 Å². The summed E-state index contributed by atoms with van der Waals surface area (Å²) in [5, 5.41) is 2.64. The number of hydrogen-bond acceptors (Lipinski definition) is 4. The van der Waals surface area contributed by atoms with Crippen molar-refractivity contribution in [2.75, 3.05) is 13.6 Å². The molecule has 1 saturated heterocycles. The molecule has 1 unspecified atom stereocenters. The number of nitrogens with zero attached hydrogens (tertiary/aromatic N) is 3. The van der Waals surface area contributed by atoms with Gasteiger partial charge in [-0.25, -0.2) is 4.79 Å². The fourth-order valence-electron chi connectivity index (χ4n) is 2.87. The number of imide groups is 1. The minimum atomic E-state index is -1.27. The number of hydrogen-bond donors (Lipinski definition) is 1. The average Bonchev–Trinajstić information content (AvgIpc) is 2.87. The fourth-order valence-corrected chi connectivity index (χ4v) is 2.87. The number of amides is 4. The van der Waals surface area contributed by atoms with E-state index in [-0.39, 0.29) is 12.5 Å². The Morgan fingerprint density at radius 2 is 1.85 bits per heavy atom. The van der Waals surface area contributed by atoms with Crippen molar-refractivity contribution in [1.29, 1.82) is 0 Å². The van der Waals surface area contributed by atoms with Crippen LogP contribution in [0.4, 0.5) is 4.79 Å². The number of nitrogens with one attached hydrogen (secondary N) is 1. The van der Waals surface area contributed by atoms with Gasteiger partial charge in [0.1, 0.15) is 6.54 Å². The molecule has 1 fully saturated rings. The van der Waals surface area contributed by atoms with E-state index >= 15 is 0 Å². The van der Waals surface area contributed by atoms with Gasteiger partial charge in [0.25, 0.3) is 5.91 Å². The van der Waals surface area contributed by atoms with Gasteiger partial charge in [-0.3, -0.25) is 19.5 Å². The van der Waals surface area contributed by atoms with Crippen LogP contribution in [-0.2, 0) is 21.7 Å². The van der Waals surface area contributed by atoms with Crippen LogP contribution in [0.1, 0.15) is 18.2 Å². The summed E-state index contributed by atoms with van der Waals surface area (Å²) < 4.78 is 0. The Labute approximate surface area is 151 Å². The molecular weight excluding hydrogens is 332 g/mol. The summed E-state index contributed by atoms with van der Waals surface area (Å²) in [4.78, 5) is 44.1. The van der Waals surface area contributed by atoms with Crippen molar-refractivity contribution in [3.8, 4) is 0 Å². The SMILES string of the molecule is CN(Cc1ccccc1)C(=O)CN1C(=O)NC(C)(c2ccccn2)C1=O. The Kier molecular flexibility index (Phi) is 4.71. The molecule has 7 heteroatoms. The molecule has 26 heavy (non-hydrogen) atoms. The van der Waals surface area contributed by atoms with Gasteiger partial charge in [0, 0.05) is 19.8 Å². The first-order valence-electron chi connectivity index (χ1n) is 8.25. The van der Waals surface area contributed by atoms with Crippen molar-refractivity contribution in [3.05, 3.63) is 66.0 Å². The molecule has 1 N–H and O–H groups in total. The molecule has 2 aromatic rings. The zero-order valence-corrected chi connectivity index (χ0v) is 14.7. The quantitative estimate of drug-likeness (QED) is 0.827. The van der Waals surface area contributed by atoms with Crippen LogP contribution in [0.25, 0.3) is 0 Å². The van der Waals surface area contributed by atoms with E-state index in [0.717, 1.165) is 10.5 Å². The van der Waals surface area contributed by atoms with Crippen molar-refractivity contribution in [2.45, 2.75) is 19.0 Å². The Morgan fingerprint density at radius 1 is 1.15 bits per heavy atom. The van der Waals surface area contributed by atoms with Crippen molar-refractivity contribution >= 4 is 17.8 Å². The van der Waals surface area contributed by atoms with E-state index in [4.69, 9.17) is 0 Å². The third kappa shape index (κ3) is 3.28. The lowest BCUT2D eigenvalue weighted by atomic mass is 9.97. The van der Waals surface area contributed by atoms with Crippen molar-refractivity contribution < 1.29 is 14.4 Å². The molecule has 1 aromatic carbocycles. The zero-order valence-electron chi connectivity index (χ0n) is 14.7. The molecule has 0 spiro atoms. The Balaban J connectivity index is 1.71. The normalized spacial score (nSPS) is 19.4. The summed E-state index contributed by atoms with van der Waals surface area (Å²) in [6, 6.07) is 14.1. The average molecular weight is 352 g/mol. The van der Waals surface area contributed by atoms with E-state index in [1.807, 2.05) is 30.3 Å².